The van der Waals surface area contributed by atoms with Gasteiger partial charge in [0, 0.05) is 42.0 Å². The molecule has 1 saturated heterocycles. The average Bonchev–Trinajstić information content (AvgIpc) is 2.82. The maximum atomic E-state index is 13.7. The van der Waals surface area contributed by atoms with Gasteiger partial charge in [0.25, 0.3) is 5.56 Å². The summed E-state index contributed by atoms with van der Waals surface area (Å²) >= 11 is 13.2. The molecule has 0 unspecified atom stereocenters. The summed E-state index contributed by atoms with van der Waals surface area (Å²) in [5.74, 6) is 0.694. The lowest BCUT2D eigenvalue weighted by Crippen LogP contribution is -2.51. The molecule has 0 bridgehead atoms. The Kier molecular flexibility index (Phi) is 7.20. The molecule has 1 aromatic carbocycles. The molecule has 4 rings (SSSR count). The minimum Gasteiger partial charge on any atom is -0.495 e. The van der Waals surface area contributed by atoms with Crippen LogP contribution in [0.15, 0.2) is 48.1 Å². The zero-order chi connectivity index (χ0) is 25.3. The molecule has 0 saturated carbocycles. The van der Waals surface area contributed by atoms with Gasteiger partial charge in [0.05, 0.1) is 49.1 Å². The van der Waals surface area contributed by atoms with E-state index in [9.17, 15) is 4.79 Å². The third kappa shape index (κ3) is 4.67. The molecule has 0 aliphatic carbocycles. The number of ether oxygens (including phenoxy) is 3. The van der Waals surface area contributed by atoms with Crippen LogP contribution in [0, 0.1) is 0 Å². The van der Waals surface area contributed by atoms with Crippen molar-refractivity contribution in [3.63, 3.8) is 0 Å². The second-order valence-electron chi connectivity index (χ2n) is 7.90. The van der Waals surface area contributed by atoms with Crippen molar-refractivity contribution in [2.75, 3.05) is 39.6 Å². The highest BCUT2D eigenvalue weighted by Crippen LogP contribution is 2.45. The standard InChI is InChI=1S/C24H25Cl2N5O4/c1-5-13(2)30-11-15(12-30)35-7-6-31-22-14(10-28-24(27)29-22)8-16(23(31)32)19-20(25)17(33-3)9-18(34-4)21(19)26/h5,8-10,15H,1-2,6-7,11-12H2,3-4H3,(H2,27,28,29). The lowest BCUT2D eigenvalue weighted by atomic mass is 10.0. The molecule has 2 aromatic heterocycles. The van der Waals surface area contributed by atoms with Crippen molar-refractivity contribution in [2.45, 2.75) is 12.6 Å². The number of nitrogens with two attached hydrogens (primary N) is 1. The van der Waals surface area contributed by atoms with Crippen molar-refractivity contribution in [1.29, 1.82) is 0 Å². The normalized spacial score (nSPS) is 13.5. The van der Waals surface area contributed by atoms with Crippen LogP contribution in [0.2, 0.25) is 10.0 Å². The van der Waals surface area contributed by atoms with Crippen molar-refractivity contribution in [3.8, 4) is 22.6 Å². The molecule has 2 N–H and O–H groups in total. The van der Waals surface area contributed by atoms with Crippen molar-refractivity contribution in [1.82, 2.24) is 19.4 Å². The van der Waals surface area contributed by atoms with Gasteiger partial charge >= 0.3 is 0 Å². The van der Waals surface area contributed by atoms with Gasteiger partial charge in [-0.15, -0.1) is 0 Å². The minimum atomic E-state index is -0.367. The summed E-state index contributed by atoms with van der Waals surface area (Å²) in [6.45, 7) is 9.60. The minimum absolute atomic E-state index is 0.0306. The maximum Gasteiger partial charge on any atom is 0.260 e. The number of hydrogen-bond acceptors (Lipinski definition) is 8. The first-order valence-corrected chi connectivity index (χ1v) is 11.5. The highest BCUT2D eigenvalue weighted by Gasteiger charge is 2.28. The lowest BCUT2D eigenvalue weighted by molar-refractivity contribution is -0.0403. The van der Waals surface area contributed by atoms with Gasteiger partial charge in [-0.05, 0) is 12.1 Å². The molecular weight excluding hydrogens is 493 g/mol. The molecule has 0 spiro atoms. The number of nitrogen functional groups attached to an aromatic ring is 1. The predicted molar refractivity (Wildman–Crippen MR) is 137 cm³/mol. The Morgan fingerprint density at radius 3 is 2.49 bits per heavy atom. The molecule has 1 aliphatic heterocycles. The van der Waals surface area contributed by atoms with E-state index in [1.54, 1.807) is 24.4 Å². The van der Waals surface area contributed by atoms with E-state index in [4.69, 9.17) is 43.1 Å². The molecule has 0 atom stereocenters. The summed E-state index contributed by atoms with van der Waals surface area (Å²) in [6, 6.07) is 3.19. The molecular formula is C24H25Cl2N5O4. The summed E-state index contributed by atoms with van der Waals surface area (Å²) < 4.78 is 18.2. The highest BCUT2D eigenvalue weighted by atomic mass is 35.5. The third-order valence-corrected chi connectivity index (χ3v) is 6.60. The summed E-state index contributed by atoms with van der Waals surface area (Å²) in [6.07, 6.45) is 3.28. The Labute approximate surface area is 212 Å². The average molecular weight is 518 g/mol. The molecule has 0 radical (unpaired) electrons. The molecule has 1 fully saturated rings. The van der Waals surface area contributed by atoms with Crippen molar-refractivity contribution in [3.05, 3.63) is 63.7 Å². The molecule has 184 valence electrons. The Bertz CT molecular complexity index is 1340. The quantitative estimate of drug-likeness (QED) is 0.427. The van der Waals surface area contributed by atoms with Crippen LogP contribution >= 0.6 is 23.2 Å². The fraction of sp³-hybridized carbons (Fsp3) is 0.292. The van der Waals surface area contributed by atoms with E-state index in [1.165, 1.54) is 18.8 Å². The van der Waals surface area contributed by atoms with E-state index in [0.717, 1.165) is 5.70 Å². The van der Waals surface area contributed by atoms with Gasteiger partial charge in [0.15, 0.2) is 0 Å². The summed E-state index contributed by atoms with van der Waals surface area (Å²) in [7, 11) is 2.94. The van der Waals surface area contributed by atoms with E-state index in [2.05, 4.69) is 28.0 Å². The van der Waals surface area contributed by atoms with Gasteiger partial charge in [0.1, 0.15) is 17.1 Å². The van der Waals surface area contributed by atoms with Gasteiger partial charge in [-0.25, -0.2) is 4.98 Å². The smallest absolute Gasteiger partial charge is 0.260 e. The monoisotopic (exact) mass is 517 g/mol. The van der Waals surface area contributed by atoms with Gasteiger partial charge < -0.3 is 24.8 Å². The number of methoxy groups -OCH3 is 2. The van der Waals surface area contributed by atoms with Gasteiger partial charge in [-0.3, -0.25) is 9.36 Å². The number of pyridine rings is 1. The first-order valence-electron chi connectivity index (χ1n) is 10.7. The van der Waals surface area contributed by atoms with Crippen LogP contribution < -0.4 is 20.8 Å². The SMILES string of the molecule is C=CC(=C)N1CC(OCCn2c(=O)c(-c3c(Cl)c(OC)cc(OC)c3Cl)cc3cnc(N)nc32)C1. The Balaban J connectivity index is 1.73. The number of hydrogen-bond donors (Lipinski definition) is 1. The molecule has 35 heavy (non-hydrogen) atoms. The maximum absolute atomic E-state index is 13.7. The predicted octanol–water partition coefficient (Wildman–Crippen LogP) is 3.77. The first kappa shape index (κ1) is 24.8. The van der Waals surface area contributed by atoms with Crippen LogP contribution in [0.5, 0.6) is 11.5 Å². The third-order valence-electron chi connectivity index (χ3n) is 5.85. The van der Waals surface area contributed by atoms with Crippen LogP contribution in [0.3, 0.4) is 0 Å². The zero-order valence-corrected chi connectivity index (χ0v) is 20.9. The van der Waals surface area contributed by atoms with E-state index in [1.807, 2.05) is 0 Å². The Hall–Kier alpha value is -3.27. The number of allylic oxidation sites excluding steroid dienone is 1. The van der Waals surface area contributed by atoms with Crippen LogP contribution in [-0.2, 0) is 11.3 Å². The van der Waals surface area contributed by atoms with Gasteiger partial charge in [-0.2, -0.15) is 4.98 Å². The summed E-state index contributed by atoms with van der Waals surface area (Å²) in [4.78, 5) is 24.1. The van der Waals surface area contributed by atoms with Crippen molar-refractivity contribution >= 4 is 40.2 Å². The van der Waals surface area contributed by atoms with E-state index < -0.39 is 0 Å². The largest absolute Gasteiger partial charge is 0.495 e. The summed E-state index contributed by atoms with van der Waals surface area (Å²) in [5, 5.41) is 0.955. The topological polar surface area (TPSA) is 105 Å². The lowest BCUT2D eigenvalue weighted by Gasteiger charge is -2.40. The number of aromatic nitrogens is 3. The number of rotatable bonds is 9. The molecule has 3 heterocycles. The number of fused-ring (bicyclic) bond motifs is 1. The number of halogens is 2. The van der Waals surface area contributed by atoms with Gasteiger partial charge in [-0.1, -0.05) is 36.4 Å². The fourth-order valence-electron chi connectivity index (χ4n) is 3.90. The molecule has 0 amide bonds. The van der Waals surface area contributed by atoms with Gasteiger partial charge in [0.2, 0.25) is 5.95 Å². The van der Waals surface area contributed by atoms with Crippen molar-refractivity contribution < 1.29 is 14.2 Å². The summed E-state index contributed by atoms with van der Waals surface area (Å²) in [5.41, 5.74) is 7.22. The van der Waals surface area contributed by atoms with Crippen LogP contribution in [0.25, 0.3) is 22.2 Å². The van der Waals surface area contributed by atoms with E-state index in [0.29, 0.717) is 41.2 Å². The number of likely N-dealkylation sites (tertiary alicyclic amines) is 1. The highest BCUT2D eigenvalue weighted by molar-refractivity contribution is 6.41. The fourth-order valence-corrected chi connectivity index (χ4v) is 4.60. The zero-order valence-electron chi connectivity index (χ0n) is 19.4. The number of anilines is 1. The molecule has 3 aromatic rings. The molecule has 11 heteroatoms. The number of nitrogens with zero attached hydrogens (tertiary/aromatic N) is 4. The van der Waals surface area contributed by atoms with Crippen molar-refractivity contribution in [2.24, 2.45) is 0 Å². The molecule has 1 aliphatic rings. The van der Waals surface area contributed by atoms with Crippen LogP contribution in [-0.4, -0.2) is 59.5 Å². The first-order chi connectivity index (χ1) is 16.8. The van der Waals surface area contributed by atoms with Crippen LogP contribution in [0.1, 0.15) is 0 Å². The Morgan fingerprint density at radius 2 is 1.89 bits per heavy atom. The van der Waals surface area contributed by atoms with E-state index >= 15 is 0 Å². The molecule has 9 nitrogen and oxygen atoms in total. The second kappa shape index (κ2) is 10.2. The van der Waals surface area contributed by atoms with E-state index in [-0.39, 0.29) is 46.4 Å². The number of benzene rings is 1. The van der Waals surface area contributed by atoms with Crippen LogP contribution in [0.4, 0.5) is 5.95 Å². The second-order valence-corrected chi connectivity index (χ2v) is 8.66. The Morgan fingerprint density at radius 1 is 1.23 bits per heavy atom.